The Hall–Kier alpha value is -2.91. The Bertz CT molecular complexity index is 1080. The molecule has 2 saturated carbocycles. The van der Waals surface area contributed by atoms with Crippen LogP contribution in [0.4, 0.5) is 13.2 Å². The summed E-state index contributed by atoms with van der Waals surface area (Å²) in [5, 5.41) is 6.63. The van der Waals surface area contributed by atoms with E-state index in [0.717, 1.165) is 44.1 Å². The van der Waals surface area contributed by atoms with E-state index in [9.17, 15) is 22.8 Å². The fourth-order valence-electron chi connectivity index (χ4n) is 4.86. The Morgan fingerprint density at radius 3 is 2.72 bits per heavy atom. The van der Waals surface area contributed by atoms with Gasteiger partial charge in [0.25, 0.3) is 5.91 Å². The van der Waals surface area contributed by atoms with Gasteiger partial charge >= 0.3 is 12.1 Å². The molecular weight excluding hydrogens is 425 g/mol. The van der Waals surface area contributed by atoms with Gasteiger partial charge in [0.05, 0.1) is 11.6 Å². The zero-order valence-electron chi connectivity index (χ0n) is 17.5. The molecule has 2 aliphatic carbocycles. The average Bonchev–Trinajstić information content (AvgIpc) is 3.38. The van der Waals surface area contributed by atoms with Gasteiger partial charge in [0.1, 0.15) is 0 Å². The first-order valence-electron chi connectivity index (χ1n) is 10.8. The molecule has 1 aromatic heterocycles. The van der Waals surface area contributed by atoms with Gasteiger partial charge in [-0.1, -0.05) is 30.1 Å². The Labute approximate surface area is 182 Å². The van der Waals surface area contributed by atoms with Gasteiger partial charge in [-0.2, -0.15) is 18.2 Å². The molecule has 0 unspecified atom stereocenters. The van der Waals surface area contributed by atoms with Gasteiger partial charge in [-0.25, -0.2) is 0 Å². The van der Waals surface area contributed by atoms with Crippen LogP contribution in [0.25, 0.3) is 11.4 Å². The molecule has 170 valence electrons. The summed E-state index contributed by atoms with van der Waals surface area (Å²) < 4.78 is 42.7. The fraction of sp³-hybridized carbons (Fsp3) is 0.545. The zero-order chi connectivity index (χ0) is 22.7. The van der Waals surface area contributed by atoms with Crippen LogP contribution in [0.2, 0.25) is 0 Å². The summed E-state index contributed by atoms with van der Waals surface area (Å²) in [5.41, 5.74) is 0.988. The van der Waals surface area contributed by atoms with Crippen molar-refractivity contribution in [2.24, 2.45) is 5.92 Å². The second-order valence-corrected chi connectivity index (χ2v) is 9.17. The van der Waals surface area contributed by atoms with Crippen LogP contribution in [-0.4, -0.2) is 38.4 Å². The van der Waals surface area contributed by atoms with Gasteiger partial charge in [-0.3, -0.25) is 9.59 Å². The number of benzene rings is 1. The summed E-state index contributed by atoms with van der Waals surface area (Å²) in [6.45, 7) is 2.41. The predicted molar refractivity (Wildman–Crippen MR) is 106 cm³/mol. The third kappa shape index (κ3) is 3.65. The first-order valence-corrected chi connectivity index (χ1v) is 10.8. The van der Waals surface area contributed by atoms with E-state index in [-0.39, 0.29) is 35.2 Å². The number of rotatable bonds is 4. The molecule has 1 N–H and O–H groups in total. The summed E-state index contributed by atoms with van der Waals surface area (Å²) in [5.74, 6) is -1.69. The summed E-state index contributed by atoms with van der Waals surface area (Å²) >= 11 is 0. The highest BCUT2D eigenvalue weighted by molar-refractivity contribution is 5.99. The van der Waals surface area contributed by atoms with Crippen molar-refractivity contribution in [3.8, 4) is 11.4 Å². The number of carbonyl (C=O) groups excluding carboxylic acids is 2. The largest absolute Gasteiger partial charge is 0.471 e. The first kappa shape index (κ1) is 21.0. The van der Waals surface area contributed by atoms with Crippen LogP contribution < -0.4 is 5.32 Å². The number of amides is 2. The SMILES string of the molecule is C[C@@]1(NC(=O)C2CC2)CCCC[C@H]1N1Cc2ccc(-c3noc(C(F)(F)F)n3)cc2C1=O. The molecule has 0 bridgehead atoms. The molecule has 2 atom stereocenters. The topological polar surface area (TPSA) is 88.3 Å². The van der Waals surface area contributed by atoms with Gasteiger partial charge in [0.15, 0.2) is 0 Å². The summed E-state index contributed by atoms with van der Waals surface area (Å²) in [4.78, 5) is 31.0. The third-order valence-corrected chi connectivity index (χ3v) is 6.76. The Kier molecular flexibility index (Phi) is 4.79. The molecule has 1 aliphatic heterocycles. The normalized spacial score (nSPS) is 25.7. The second-order valence-electron chi connectivity index (χ2n) is 9.17. The van der Waals surface area contributed by atoms with E-state index >= 15 is 0 Å². The van der Waals surface area contributed by atoms with Crippen molar-refractivity contribution in [2.75, 3.05) is 0 Å². The molecule has 1 aromatic carbocycles. The van der Waals surface area contributed by atoms with Gasteiger partial charge in [-0.05, 0) is 44.2 Å². The van der Waals surface area contributed by atoms with Crippen LogP contribution in [0.1, 0.15) is 67.3 Å². The van der Waals surface area contributed by atoms with Gasteiger partial charge in [0.2, 0.25) is 11.7 Å². The van der Waals surface area contributed by atoms with Crippen molar-refractivity contribution in [1.29, 1.82) is 0 Å². The van der Waals surface area contributed by atoms with Crippen LogP contribution in [0, 0.1) is 5.92 Å². The predicted octanol–water partition coefficient (Wildman–Crippen LogP) is 3.94. The third-order valence-electron chi connectivity index (χ3n) is 6.76. The lowest BCUT2D eigenvalue weighted by Crippen LogP contribution is -2.62. The van der Waals surface area contributed by atoms with E-state index in [2.05, 4.69) is 20.0 Å². The number of nitrogens with zero attached hydrogens (tertiary/aromatic N) is 3. The molecule has 0 radical (unpaired) electrons. The Morgan fingerprint density at radius 2 is 2.03 bits per heavy atom. The summed E-state index contributed by atoms with van der Waals surface area (Å²) in [6.07, 6.45) is 0.624. The van der Waals surface area contributed by atoms with E-state index in [1.165, 1.54) is 6.07 Å². The maximum atomic E-state index is 13.3. The quantitative estimate of drug-likeness (QED) is 0.766. The molecule has 0 saturated heterocycles. The van der Waals surface area contributed by atoms with E-state index in [0.29, 0.717) is 12.1 Å². The number of halogens is 3. The minimum absolute atomic E-state index is 0.0587. The molecule has 3 aliphatic rings. The van der Waals surface area contributed by atoms with Crippen molar-refractivity contribution >= 4 is 11.8 Å². The number of nitrogens with one attached hydrogen (secondary N) is 1. The standard InChI is InChI=1S/C22H23F3N4O3/c1-21(27-18(30)12-5-6-12)9-3-2-4-16(21)29-11-14-8-7-13(10-15(14)19(29)31)17-26-20(32-28-17)22(23,24)25/h7-8,10,12,16H,2-6,9,11H2,1H3,(H,27,30)/t16-,21-/m1/s1. The van der Waals surface area contributed by atoms with Crippen molar-refractivity contribution < 1.29 is 27.3 Å². The molecule has 5 rings (SSSR count). The Morgan fingerprint density at radius 1 is 1.25 bits per heavy atom. The lowest BCUT2D eigenvalue weighted by Gasteiger charge is -2.46. The smallest absolute Gasteiger partial charge is 0.349 e. The molecule has 10 heteroatoms. The highest BCUT2D eigenvalue weighted by Crippen LogP contribution is 2.39. The maximum absolute atomic E-state index is 13.3. The molecule has 32 heavy (non-hydrogen) atoms. The number of hydrogen-bond acceptors (Lipinski definition) is 5. The Balaban J connectivity index is 1.40. The number of carbonyl (C=O) groups is 2. The molecular formula is C22H23F3N4O3. The van der Waals surface area contributed by atoms with Crippen molar-refractivity contribution in [3.63, 3.8) is 0 Å². The fourth-order valence-corrected chi connectivity index (χ4v) is 4.86. The first-order chi connectivity index (χ1) is 15.2. The molecule has 2 aromatic rings. The molecule has 7 nitrogen and oxygen atoms in total. The van der Waals surface area contributed by atoms with E-state index in [1.54, 1.807) is 17.0 Å². The second kappa shape index (κ2) is 7.31. The number of aromatic nitrogens is 2. The minimum atomic E-state index is -4.73. The minimum Gasteiger partial charge on any atom is -0.349 e. The molecule has 2 amide bonds. The number of alkyl halides is 3. The molecule has 0 spiro atoms. The van der Waals surface area contributed by atoms with Crippen molar-refractivity contribution in [1.82, 2.24) is 20.4 Å². The highest BCUT2D eigenvalue weighted by Gasteiger charge is 2.47. The van der Waals surface area contributed by atoms with Gasteiger partial charge < -0.3 is 14.7 Å². The van der Waals surface area contributed by atoms with Crippen molar-refractivity contribution in [3.05, 3.63) is 35.2 Å². The van der Waals surface area contributed by atoms with E-state index < -0.39 is 17.6 Å². The van der Waals surface area contributed by atoms with E-state index in [4.69, 9.17) is 0 Å². The van der Waals surface area contributed by atoms with Crippen LogP contribution in [0.3, 0.4) is 0 Å². The van der Waals surface area contributed by atoms with Crippen LogP contribution in [0.15, 0.2) is 22.7 Å². The van der Waals surface area contributed by atoms with Gasteiger partial charge in [-0.15, -0.1) is 0 Å². The van der Waals surface area contributed by atoms with Gasteiger partial charge in [0, 0.05) is 23.6 Å². The maximum Gasteiger partial charge on any atom is 0.471 e. The zero-order valence-corrected chi connectivity index (χ0v) is 17.5. The van der Waals surface area contributed by atoms with Crippen LogP contribution in [-0.2, 0) is 17.5 Å². The van der Waals surface area contributed by atoms with Crippen LogP contribution >= 0.6 is 0 Å². The number of fused-ring (bicyclic) bond motifs is 1. The van der Waals surface area contributed by atoms with Crippen LogP contribution in [0.5, 0.6) is 0 Å². The average molecular weight is 448 g/mol. The molecule has 2 heterocycles. The van der Waals surface area contributed by atoms with E-state index in [1.807, 2.05) is 6.92 Å². The lowest BCUT2D eigenvalue weighted by molar-refractivity contribution is -0.159. The summed E-state index contributed by atoms with van der Waals surface area (Å²) in [7, 11) is 0. The lowest BCUT2D eigenvalue weighted by atomic mass is 9.77. The highest BCUT2D eigenvalue weighted by atomic mass is 19.4. The molecule has 2 fully saturated rings. The number of hydrogen-bond donors (Lipinski definition) is 1. The monoisotopic (exact) mass is 448 g/mol. The van der Waals surface area contributed by atoms with Crippen molar-refractivity contribution in [2.45, 2.75) is 69.8 Å². The summed E-state index contributed by atoms with van der Waals surface area (Å²) in [6, 6.07) is 4.68.